The van der Waals surface area contributed by atoms with E-state index in [2.05, 4.69) is 31.0 Å². The number of nitrogens with zero attached hydrogens (tertiary/aromatic N) is 1. The van der Waals surface area contributed by atoms with E-state index in [9.17, 15) is 5.11 Å². The average molecular weight is 258 g/mol. The summed E-state index contributed by atoms with van der Waals surface area (Å²) in [4.78, 5) is 2.17. The lowest BCUT2D eigenvalue weighted by molar-refractivity contribution is 0.0380. The fourth-order valence-electron chi connectivity index (χ4n) is 2.26. The summed E-state index contributed by atoms with van der Waals surface area (Å²) in [5.74, 6) is 0.591. The van der Waals surface area contributed by atoms with Crippen molar-refractivity contribution in [3.05, 3.63) is 0 Å². The Balaban J connectivity index is 2.18. The quantitative estimate of drug-likeness (QED) is 0.717. The van der Waals surface area contributed by atoms with Crippen molar-refractivity contribution in [2.45, 2.75) is 51.8 Å². The van der Waals surface area contributed by atoms with E-state index < -0.39 is 0 Å². The van der Waals surface area contributed by atoms with Crippen LogP contribution in [0, 0.1) is 5.92 Å². The first-order valence-electron chi connectivity index (χ1n) is 7.20. The Kier molecular flexibility index (Phi) is 7.15. The van der Waals surface area contributed by atoms with Gasteiger partial charge < -0.3 is 20.1 Å². The van der Waals surface area contributed by atoms with Crippen molar-refractivity contribution in [3.63, 3.8) is 0 Å². The molecule has 0 aromatic carbocycles. The SMILES string of the molecule is CC(C)N(C)C[C@@H](O)CN[C@@H](C)[C@@H]1CCCOC1. The number of aliphatic hydroxyl groups excluding tert-OH is 1. The highest BCUT2D eigenvalue weighted by Crippen LogP contribution is 2.17. The summed E-state index contributed by atoms with van der Waals surface area (Å²) in [7, 11) is 2.05. The predicted octanol–water partition coefficient (Wildman–Crippen LogP) is 1.09. The topological polar surface area (TPSA) is 44.7 Å². The van der Waals surface area contributed by atoms with E-state index in [-0.39, 0.29) is 6.10 Å². The number of hydrogen-bond acceptors (Lipinski definition) is 4. The molecule has 0 radical (unpaired) electrons. The highest BCUT2D eigenvalue weighted by Gasteiger charge is 2.21. The third kappa shape index (κ3) is 5.65. The van der Waals surface area contributed by atoms with E-state index in [1.165, 1.54) is 6.42 Å². The molecule has 0 bridgehead atoms. The molecule has 18 heavy (non-hydrogen) atoms. The lowest BCUT2D eigenvalue weighted by Crippen LogP contribution is -2.45. The molecular weight excluding hydrogens is 228 g/mol. The second-order valence-corrected chi connectivity index (χ2v) is 5.86. The molecular formula is C14H30N2O2. The summed E-state index contributed by atoms with van der Waals surface area (Å²) in [6.45, 7) is 9.62. The average Bonchev–Trinajstić information content (AvgIpc) is 2.36. The Labute approximate surface area is 112 Å². The van der Waals surface area contributed by atoms with Gasteiger partial charge in [-0.1, -0.05) is 0 Å². The number of likely N-dealkylation sites (N-methyl/N-ethyl adjacent to an activating group) is 1. The summed E-state index contributed by atoms with van der Waals surface area (Å²) in [5, 5.41) is 13.4. The van der Waals surface area contributed by atoms with Gasteiger partial charge >= 0.3 is 0 Å². The Hall–Kier alpha value is -0.160. The molecule has 0 saturated carbocycles. The Morgan fingerprint density at radius 2 is 2.11 bits per heavy atom. The molecule has 0 amide bonds. The maximum Gasteiger partial charge on any atom is 0.0791 e. The molecule has 4 nitrogen and oxygen atoms in total. The molecule has 1 saturated heterocycles. The van der Waals surface area contributed by atoms with Gasteiger partial charge in [-0.25, -0.2) is 0 Å². The molecule has 0 aliphatic carbocycles. The maximum absolute atomic E-state index is 9.98. The first kappa shape index (κ1) is 15.9. The second kappa shape index (κ2) is 8.10. The molecule has 0 aromatic rings. The van der Waals surface area contributed by atoms with E-state index in [0.717, 1.165) is 26.2 Å². The molecule has 1 aliphatic rings. The molecule has 3 atom stereocenters. The third-order valence-corrected chi connectivity index (χ3v) is 3.96. The Morgan fingerprint density at radius 1 is 1.39 bits per heavy atom. The van der Waals surface area contributed by atoms with Gasteiger partial charge in [-0.05, 0) is 46.6 Å². The first-order valence-corrected chi connectivity index (χ1v) is 7.20. The van der Waals surface area contributed by atoms with Gasteiger partial charge in [0.25, 0.3) is 0 Å². The van der Waals surface area contributed by atoms with E-state index >= 15 is 0 Å². The smallest absolute Gasteiger partial charge is 0.0791 e. The van der Waals surface area contributed by atoms with Crippen LogP contribution in [0.5, 0.6) is 0 Å². The molecule has 108 valence electrons. The lowest BCUT2D eigenvalue weighted by atomic mass is 9.95. The molecule has 0 aromatic heterocycles. The van der Waals surface area contributed by atoms with Crippen molar-refractivity contribution < 1.29 is 9.84 Å². The molecule has 0 spiro atoms. The van der Waals surface area contributed by atoms with Crippen LogP contribution in [0.1, 0.15) is 33.6 Å². The fraction of sp³-hybridized carbons (Fsp3) is 1.00. The Morgan fingerprint density at radius 3 is 2.67 bits per heavy atom. The predicted molar refractivity (Wildman–Crippen MR) is 74.8 cm³/mol. The van der Waals surface area contributed by atoms with Gasteiger partial charge in [-0.2, -0.15) is 0 Å². The van der Waals surface area contributed by atoms with Gasteiger partial charge in [0.15, 0.2) is 0 Å². The molecule has 1 aliphatic heterocycles. The van der Waals surface area contributed by atoms with Crippen LogP contribution >= 0.6 is 0 Å². The highest BCUT2D eigenvalue weighted by molar-refractivity contribution is 4.76. The summed E-state index contributed by atoms with van der Waals surface area (Å²) in [6.07, 6.45) is 2.09. The van der Waals surface area contributed by atoms with Crippen molar-refractivity contribution in [1.82, 2.24) is 10.2 Å². The first-order chi connectivity index (χ1) is 8.50. The van der Waals surface area contributed by atoms with Gasteiger partial charge in [0.05, 0.1) is 12.7 Å². The second-order valence-electron chi connectivity index (χ2n) is 5.86. The Bertz CT molecular complexity index is 218. The zero-order valence-corrected chi connectivity index (χ0v) is 12.4. The van der Waals surface area contributed by atoms with Crippen LogP contribution in [-0.2, 0) is 4.74 Å². The van der Waals surface area contributed by atoms with Gasteiger partial charge in [-0.15, -0.1) is 0 Å². The monoisotopic (exact) mass is 258 g/mol. The number of hydrogen-bond donors (Lipinski definition) is 2. The number of rotatable bonds is 7. The number of ether oxygens (including phenoxy) is 1. The minimum Gasteiger partial charge on any atom is -0.390 e. The third-order valence-electron chi connectivity index (χ3n) is 3.96. The van der Waals surface area contributed by atoms with Crippen molar-refractivity contribution in [2.75, 3.05) is 33.4 Å². The van der Waals surface area contributed by atoms with Gasteiger partial charge in [0.2, 0.25) is 0 Å². The van der Waals surface area contributed by atoms with Crippen LogP contribution in [-0.4, -0.2) is 61.5 Å². The highest BCUT2D eigenvalue weighted by atomic mass is 16.5. The van der Waals surface area contributed by atoms with Gasteiger partial charge in [0.1, 0.15) is 0 Å². The normalized spacial score (nSPS) is 24.5. The summed E-state index contributed by atoms with van der Waals surface area (Å²) in [6, 6.07) is 0.896. The number of nitrogens with one attached hydrogen (secondary N) is 1. The summed E-state index contributed by atoms with van der Waals surface area (Å²) in [5.41, 5.74) is 0. The van der Waals surface area contributed by atoms with Gasteiger partial charge in [0, 0.05) is 31.8 Å². The van der Waals surface area contributed by atoms with Crippen LogP contribution in [0.15, 0.2) is 0 Å². The summed E-state index contributed by atoms with van der Waals surface area (Å²) < 4.78 is 5.50. The van der Waals surface area contributed by atoms with Crippen LogP contribution in [0.3, 0.4) is 0 Å². The molecule has 1 fully saturated rings. The van der Waals surface area contributed by atoms with Crippen LogP contribution < -0.4 is 5.32 Å². The molecule has 1 heterocycles. The van der Waals surface area contributed by atoms with Crippen LogP contribution in [0.4, 0.5) is 0 Å². The van der Waals surface area contributed by atoms with Crippen molar-refractivity contribution in [3.8, 4) is 0 Å². The fourth-order valence-corrected chi connectivity index (χ4v) is 2.26. The molecule has 1 rings (SSSR count). The largest absolute Gasteiger partial charge is 0.390 e. The molecule has 4 heteroatoms. The minimum absolute atomic E-state index is 0.302. The maximum atomic E-state index is 9.98. The standard InChI is InChI=1S/C14H30N2O2/c1-11(2)16(4)9-14(17)8-15-12(3)13-6-5-7-18-10-13/h11-15,17H,5-10H2,1-4H3/t12-,13+,14-/m0/s1. The zero-order valence-electron chi connectivity index (χ0n) is 12.4. The van der Waals surface area contributed by atoms with E-state index in [1.807, 2.05) is 7.05 Å². The van der Waals surface area contributed by atoms with Crippen molar-refractivity contribution >= 4 is 0 Å². The molecule has 2 N–H and O–H groups in total. The van der Waals surface area contributed by atoms with E-state index in [1.54, 1.807) is 0 Å². The van der Waals surface area contributed by atoms with Crippen LogP contribution in [0.25, 0.3) is 0 Å². The van der Waals surface area contributed by atoms with E-state index in [4.69, 9.17) is 4.74 Å². The zero-order chi connectivity index (χ0) is 13.5. The molecule has 0 unspecified atom stereocenters. The minimum atomic E-state index is -0.302. The van der Waals surface area contributed by atoms with E-state index in [0.29, 0.717) is 24.5 Å². The summed E-state index contributed by atoms with van der Waals surface area (Å²) >= 11 is 0. The van der Waals surface area contributed by atoms with Gasteiger partial charge in [-0.3, -0.25) is 0 Å². The van der Waals surface area contributed by atoms with Crippen molar-refractivity contribution in [1.29, 1.82) is 0 Å². The lowest BCUT2D eigenvalue weighted by Gasteiger charge is -2.30. The number of aliphatic hydroxyl groups is 1. The van der Waals surface area contributed by atoms with Crippen LogP contribution in [0.2, 0.25) is 0 Å². The van der Waals surface area contributed by atoms with Crippen molar-refractivity contribution in [2.24, 2.45) is 5.92 Å².